The lowest BCUT2D eigenvalue weighted by Gasteiger charge is -2.30. The molecular formula is C68H81N5. The molecule has 6 aliphatic carbocycles. The van der Waals surface area contributed by atoms with Gasteiger partial charge >= 0.3 is 0 Å². The smallest absolute Gasteiger partial charge is 0.0653 e. The molecule has 0 aliphatic heterocycles. The van der Waals surface area contributed by atoms with E-state index in [1.165, 1.54) is 97.1 Å². The molecule has 6 aliphatic rings. The summed E-state index contributed by atoms with van der Waals surface area (Å²) in [4.78, 5) is 13.1. The Morgan fingerprint density at radius 3 is 1.86 bits per heavy atom. The standard InChI is InChI=1S/C68H81N5/c1-8-71(9-2)54-33-26-49(27-34-54)67(48-24-22-47(7)23-25-48)62-41-43-66(61-21-17-15-19-59(61)62)70-46-64-52-32-39-57(64)53(44-52)45-69-65-42-40-63(58-18-14-16-20-60(58)65)68(50-28-35-55(36-29-50)72(10-3)11-4)51-30-37-56(38-31-51)73(12-5)13-6/h14-31,33,35-37,40-43,47,52-54,56-57,64,70H,8-13,32,34,38-39,44-46H2,1-7H3/b67-48?,68-63-,69-65?. The SMILES string of the molecule is CCN(CC)c1ccc(/C(C2=CCC(N(CC)CC)C=C2)=C2\C=CC(=NCC3CC4CCC3C4CNc3ccc(C(C4=CCC(N(CC)CC)C=C4)=C4C=CC(C)C=C4)c4ccccc34)c3ccccc32)cc1. The highest BCUT2D eigenvalue weighted by atomic mass is 15.1. The van der Waals surface area contributed by atoms with Crippen molar-refractivity contribution in [3.05, 3.63) is 197 Å². The van der Waals surface area contributed by atoms with E-state index >= 15 is 0 Å². The summed E-state index contributed by atoms with van der Waals surface area (Å²) in [5.74, 6) is 3.16. The van der Waals surface area contributed by atoms with Gasteiger partial charge in [0.15, 0.2) is 0 Å². The van der Waals surface area contributed by atoms with Gasteiger partial charge in [0.2, 0.25) is 0 Å². The van der Waals surface area contributed by atoms with Crippen LogP contribution in [0, 0.1) is 29.6 Å². The summed E-state index contributed by atoms with van der Waals surface area (Å²) in [5.41, 5.74) is 16.6. The quantitative estimate of drug-likeness (QED) is 0.108. The van der Waals surface area contributed by atoms with Gasteiger partial charge in [-0.15, -0.1) is 0 Å². The van der Waals surface area contributed by atoms with Crippen molar-refractivity contribution in [1.82, 2.24) is 9.80 Å². The zero-order valence-electron chi connectivity index (χ0n) is 45.0. The highest BCUT2D eigenvalue weighted by molar-refractivity contribution is 6.19. The lowest BCUT2D eigenvalue weighted by molar-refractivity contribution is 0.254. The van der Waals surface area contributed by atoms with Crippen molar-refractivity contribution in [2.45, 2.75) is 92.7 Å². The lowest BCUT2D eigenvalue weighted by Crippen LogP contribution is -2.34. The maximum atomic E-state index is 5.55. The number of rotatable bonds is 18. The van der Waals surface area contributed by atoms with E-state index in [1.807, 2.05) is 0 Å². The predicted octanol–water partition coefficient (Wildman–Crippen LogP) is 15.4. The molecule has 73 heavy (non-hydrogen) atoms. The second-order valence-electron chi connectivity index (χ2n) is 21.4. The number of benzene rings is 4. The summed E-state index contributed by atoms with van der Waals surface area (Å²) in [5, 5.41) is 6.69. The summed E-state index contributed by atoms with van der Waals surface area (Å²) < 4.78 is 0. The van der Waals surface area contributed by atoms with Crippen LogP contribution in [-0.4, -0.2) is 80.0 Å². The zero-order chi connectivity index (χ0) is 50.4. The molecule has 6 atom stereocenters. The van der Waals surface area contributed by atoms with Crippen molar-refractivity contribution in [3.63, 3.8) is 0 Å². The van der Waals surface area contributed by atoms with E-state index in [9.17, 15) is 0 Å². The fourth-order valence-electron chi connectivity index (χ4n) is 13.6. The Kier molecular flexibility index (Phi) is 15.9. The molecule has 4 aromatic rings. The topological polar surface area (TPSA) is 34.1 Å². The van der Waals surface area contributed by atoms with Crippen molar-refractivity contribution in [1.29, 1.82) is 0 Å². The van der Waals surface area contributed by atoms with Crippen molar-refractivity contribution in [2.75, 3.05) is 62.6 Å². The molecule has 0 aromatic heterocycles. The van der Waals surface area contributed by atoms with Crippen LogP contribution >= 0.6 is 0 Å². The predicted molar refractivity (Wildman–Crippen MR) is 316 cm³/mol. The van der Waals surface area contributed by atoms with E-state index in [1.54, 1.807) is 0 Å². The molecule has 2 fully saturated rings. The molecule has 378 valence electrons. The number of hydrogen-bond acceptors (Lipinski definition) is 5. The average Bonchev–Trinajstić information content (AvgIpc) is 3.99. The Hall–Kier alpha value is -6.01. The monoisotopic (exact) mass is 968 g/mol. The number of aliphatic imine (C=N–C) groups is 1. The van der Waals surface area contributed by atoms with E-state index < -0.39 is 0 Å². The third kappa shape index (κ3) is 10.4. The van der Waals surface area contributed by atoms with Gasteiger partial charge in [-0.25, -0.2) is 0 Å². The molecule has 0 amide bonds. The van der Waals surface area contributed by atoms with Gasteiger partial charge in [-0.2, -0.15) is 0 Å². The van der Waals surface area contributed by atoms with Crippen LogP contribution in [0.25, 0.3) is 27.5 Å². The van der Waals surface area contributed by atoms with Gasteiger partial charge in [-0.3, -0.25) is 14.8 Å². The highest BCUT2D eigenvalue weighted by Gasteiger charge is 2.47. The van der Waals surface area contributed by atoms with E-state index in [-0.39, 0.29) is 0 Å². The first kappa shape index (κ1) is 50.5. The number of likely N-dealkylation sites (N-methyl/N-ethyl adjacent to an activating group) is 2. The first-order valence-corrected chi connectivity index (χ1v) is 28.4. The maximum Gasteiger partial charge on any atom is 0.0653 e. The Labute approximate surface area is 438 Å². The van der Waals surface area contributed by atoms with Gasteiger partial charge in [0.05, 0.1) is 5.71 Å². The van der Waals surface area contributed by atoms with Gasteiger partial charge in [0.1, 0.15) is 0 Å². The molecule has 5 heteroatoms. The molecule has 6 unspecified atom stereocenters. The minimum atomic E-state index is 0.437. The first-order chi connectivity index (χ1) is 35.8. The van der Waals surface area contributed by atoms with E-state index in [0.29, 0.717) is 35.8 Å². The van der Waals surface area contributed by atoms with Crippen molar-refractivity contribution < 1.29 is 0 Å². The molecule has 5 nitrogen and oxygen atoms in total. The number of nitrogens with one attached hydrogen (secondary N) is 1. The zero-order valence-corrected chi connectivity index (χ0v) is 45.0. The average molecular weight is 968 g/mol. The number of hydrogen-bond donors (Lipinski definition) is 1. The minimum absolute atomic E-state index is 0.437. The summed E-state index contributed by atoms with van der Waals surface area (Å²) >= 11 is 0. The largest absolute Gasteiger partial charge is 0.384 e. The van der Waals surface area contributed by atoms with Gasteiger partial charge in [-0.1, -0.05) is 168 Å². The number of allylic oxidation sites excluding steroid dienone is 14. The normalized spacial score (nSPS) is 25.2. The van der Waals surface area contributed by atoms with Crippen LogP contribution in [0.1, 0.15) is 103 Å². The van der Waals surface area contributed by atoms with Crippen LogP contribution < -0.4 is 10.2 Å². The lowest BCUT2D eigenvalue weighted by atomic mass is 9.82. The van der Waals surface area contributed by atoms with Gasteiger partial charge in [-0.05, 0) is 182 Å². The Balaban J connectivity index is 0.888. The Bertz CT molecular complexity index is 2920. The molecule has 10 rings (SSSR count). The second kappa shape index (κ2) is 23.0. The van der Waals surface area contributed by atoms with E-state index in [4.69, 9.17) is 4.99 Å². The van der Waals surface area contributed by atoms with Gasteiger partial charge < -0.3 is 10.2 Å². The summed E-state index contributed by atoms with van der Waals surface area (Å²) in [6.07, 6.45) is 34.7. The molecule has 0 heterocycles. The van der Waals surface area contributed by atoms with Crippen LogP contribution in [0.15, 0.2) is 180 Å². The molecule has 2 bridgehead atoms. The molecular weight excluding hydrogens is 887 g/mol. The van der Waals surface area contributed by atoms with Crippen molar-refractivity contribution >= 4 is 44.6 Å². The van der Waals surface area contributed by atoms with E-state index in [2.05, 4.69) is 226 Å². The van der Waals surface area contributed by atoms with Crippen LogP contribution in [0.2, 0.25) is 0 Å². The second-order valence-corrected chi connectivity index (χ2v) is 21.4. The third-order valence-corrected chi connectivity index (χ3v) is 17.7. The highest BCUT2D eigenvalue weighted by Crippen LogP contribution is 2.53. The number of anilines is 2. The number of fused-ring (bicyclic) bond motifs is 4. The molecule has 1 N–H and O–H groups in total. The van der Waals surface area contributed by atoms with Crippen LogP contribution in [0.3, 0.4) is 0 Å². The van der Waals surface area contributed by atoms with Crippen LogP contribution in [0.5, 0.6) is 0 Å². The fourth-order valence-corrected chi connectivity index (χ4v) is 13.6. The molecule has 0 saturated heterocycles. The van der Waals surface area contributed by atoms with Crippen molar-refractivity contribution in [3.8, 4) is 0 Å². The van der Waals surface area contributed by atoms with Gasteiger partial charge in [0, 0.05) is 60.6 Å². The fraction of sp³-hybridized carbons (Fsp3) is 0.397. The first-order valence-electron chi connectivity index (χ1n) is 28.4. The Morgan fingerprint density at radius 2 is 1.23 bits per heavy atom. The number of nitrogens with zero attached hydrogens (tertiary/aromatic N) is 4. The molecule has 2 saturated carbocycles. The molecule has 4 aromatic carbocycles. The minimum Gasteiger partial charge on any atom is -0.384 e. The van der Waals surface area contributed by atoms with Crippen molar-refractivity contribution in [2.24, 2.45) is 34.6 Å². The summed E-state index contributed by atoms with van der Waals surface area (Å²) in [6.45, 7) is 24.0. The molecule has 0 spiro atoms. The summed E-state index contributed by atoms with van der Waals surface area (Å²) in [7, 11) is 0. The van der Waals surface area contributed by atoms with Crippen LogP contribution in [0.4, 0.5) is 11.4 Å². The van der Waals surface area contributed by atoms with E-state index in [0.717, 1.165) is 76.8 Å². The van der Waals surface area contributed by atoms with Gasteiger partial charge in [0.25, 0.3) is 0 Å². The third-order valence-electron chi connectivity index (χ3n) is 17.7. The summed E-state index contributed by atoms with van der Waals surface area (Å²) in [6, 6.07) is 33.1. The Morgan fingerprint density at radius 1 is 0.603 bits per heavy atom. The molecule has 0 radical (unpaired) electrons. The van der Waals surface area contributed by atoms with Crippen LogP contribution in [-0.2, 0) is 0 Å². The maximum absolute atomic E-state index is 5.55.